The molecule has 0 saturated heterocycles. The zero-order chi connectivity index (χ0) is 16.4. The molecule has 2 heterocycles. The second-order valence-corrected chi connectivity index (χ2v) is 6.77. The lowest BCUT2D eigenvalue weighted by atomic mass is 10.1. The fourth-order valence-electron chi connectivity index (χ4n) is 2.25. The van der Waals surface area contributed by atoms with Crippen LogP contribution in [0, 0.1) is 0 Å². The molecule has 0 radical (unpaired) electrons. The minimum Gasteiger partial charge on any atom is -0.490 e. The van der Waals surface area contributed by atoms with E-state index in [0.717, 1.165) is 4.90 Å². The third-order valence-corrected chi connectivity index (χ3v) is 5.13. The van der Waals surface area contributed by atoms with E-state index in [0.29, 0.717) is 22.3 Å². The SMILES string of the molecule is COc1ncc(C2(CO)COc3cc(Cl)ccc3S2)nc1OC. The molecule has 0 amide bonds. The molecule has 1 aromatic heterocycles. The van der Waals surface area contributed by atoms with Gasteiger partial charge in [-0.25, -0.2) is 9.97 Å². The molecule has 1 atom stereocenters. The minimum atomic E-state index is -0.770. The number of fused-ring (bicyclic) bond motifs is 1. The standard InChI is InChI=1S/C15H15ClN2O4S/c1-20-13-14(21-2)18-12(6-17-13)15(7-19)8-22-10-5-9(16)3-4-11(10)23-15/h3-6,19H,7-8H2,1-2H3. The Balaban J connectivity index is 2.01. The highest BCUT2D eigenvalue weighted by atomic mass is 35.5. The zero-order valence-corrected chi connectivity index (χ0v) is 14.1. The molecule has 1 aromatic carbocycles. The van der Waals surface area contributed by atoms with Gasteiger partial charge in [-0.1, -0.05) is 11.6 Å². The van der Waals surface area contributed by atoms with Gasteiger partial charge in [0.15, 0.2) is 0 Å². The van der Waals surface area contributed by atoms with Crippen LogP contribution in [0.4, 0.5) is 0 Å². The van der Waals surface area contributed by atoms with E-state index < -0.39 is 4.75 Å². The lowest BCUT2D eigenvalue weighted by Crippen LogP contribution is -2.37. The normalized spacial score (nSPS) is 19.7. The predicted octanol–water partition coefficient (Wildman–Crippen LogP) is 2.52. The van der Waals surface area contributed by atoms with Crippen molar-refractivity contribution in [2.24, 2.45) is 0 Å². The molecule has 3 rings (SSSR count). The summed E-state index contributed by atoms with van der Waals surface area (Å²) >= 11 is 7.45. The lowest BCUT2D eigenvalue weighted by Gasteiger charge is -2.35. The maximum absolute atomic E-state index is 10.00. The summed E-state index contributed by atoms with van der Waals surface area (Å²) in [4.78, 5) is 9.50. The maximum atomic E-state index is 10.00. The Morgan fingerprint density at radius 2 is 2.13 bits per heavy atom. The highest BCUT2D eigenvalue weighted by Crippen LogP contribution is 2.49. The number of rotatable bonds is 4. The van der Waals surface area contributed by atoms with Gasteiger partial charge in [-0.2, -0.15) is 0 Å². The molecule has 2 aromatic rings. The number of aliphatic hydroxyl groups is 1. The lowest BCUT2D eigenvalue weighted by molar-refractivity contribution is 0.174. The number of aromatic nitrogens is 2. The molecule has 1 unspecified atom stereocenters. The van der Waals surface area contributed by atoms with Crippen LogP contribution < -0.4 is 14.2 Å². The second kappa shape index (κ2) is 6.43. The number of hydrogen-bond acceptors (Lipinski definition) is 7. The fourth-order valence-corrected chi connectivity index (χ4v) is 3.57. The summed E-state index contributed by atoms with van der Waals surface area (Å²) in [7, 11) is 2.98. The van der Waals surface area contributed by atoms with Gasteiger partial charge < -0.3 is 19.3 Å². The Labute approximate surface area is 142 Å². The van der Waals surface area contributed by atoms with Crippen molar-refractivity contribution in [2.75, 3.05) is 27.4 Å². The van der Waals surface area contributed by atoms with Gasteiger partial charge in [0.25, 0.3) is 11.8 Å². The number of thioether (sulfide) groups is 1. The molecule has 0 bridgehead atoms. The molecule has 1 aliphatic rings. The van der Waals surface area contributed by atoms with Crippen LogP contribution in [0.5, 0.6) is 17.5 Å². The van der Waals surface area contributed by atoms with Crippen LogP contribution in [-0.2, 0) is 4.75 Å². The summed E-state index contributed by atoms with van der Waals surface area (Å²) < 4.78 is 15.3. The molecule has 0 aliphatic carbocycles. The summed E-state index contributed by atoms with van der Waals surface area (Å²) in [5.41, 5.74) is 0.559. The van der Waals surface area contributed by atoms with Gasteiger partial charge >= 0.3 is 0 Å². The van der Waals surface area contributed by atoms with Gasteiger partial charge in [0, 0.05) is 5.02 Å². The zero-order valence-electron chi connectivity index (χ0n) is 12.6. The van der Waals surface area contributed by atoms with Gasteiger partial charge in [0.1, 0.15) is 17.1 Å². The van der Waals surface area contributed by atoms with E-state index in [-0.39, 0.29) is 19.1 Å². The summed E-state index contributed by atoms with van der Waals surface area (Å²) in [5.74, 6) is 1.25. The summed E-state index contributed by atoms with van der Waals surface area (Å²) in [6.07, 6.45) is 1.56. The summed E-state index contributed by atoms with van der Waals surface area (Å²) in [6, 6.07) is 5.40. The van der Waals surface area contributed by atoms with E-state index in [1.54, 1.807) is 18.3 Å². The molecular weight excluding hydrogens is 340 g/mol. The minimum absolute atomic E-state index is 0.163. The van der Waals surface area contributed by atoms with E-state index in [9.17, 15) is 5.11 Å². The number of aliphatic hydroxyl groups excluding tert-OH is 1. The van der Waals surface area contributed by atoms with Crippen molar-refractivity contribution in [2.45, 2.75) is 9.64 Å². The average molecular weight is 355 g/mol. The Morgan fingerprint density at radius 1 is 1.35 bits per heavy atom. The highest BCUT2D eigenvalue weighted by molar-refractivity contribution is 8.00. The largest absolute Gasteiger partial charge is 0.490 e. The van der Waals surface area contributed by atoms with Crippen LogP contribution in [0.2, 0.25) is 5.02 Å². The first kappa shape index (κ1) is 16.2. The molecule has 23 heavy (non-hydrogen) atoms. The smallest absolute Gasteiger partial charge is 0.278 e. The number of halogens is 1. The Kier molecular flexibility index (Phi) is 4.52. The van der Waals surface area contributed by atoms with Crippen LogP contribution >= 0.6 is 23.4 Å². The molecule has 122 valence electrons. The molecule has 8 heteroatoms. The number of hydrogen-bond donors (Lipinski definition) is 1. The van der Waals surface area contributed by atoms with Crippen molar-refractivity contribution in [3.8, 4) is 17.5 Å². The highest BCUT2D eigenvalue weighted by Gasteiger charge is 2.40. The van der Waals surface area contributed by atoms with Gasteiger partial charge in [0.05, 0.1) is 37.6 Å². The van der Waals surface area contributed by atoms with E-state index in [2.05, 4.69) is 9.97 Å². The third kappa shape index (κ3) is 2.91. The van der Waals surface area contributed by atoms with Gasteiger partial charge in [-0.15, -0.1) is 11.8 Å². The van der Waals surface area contributed by atoms with E-state index in [4.69, 9.17) is 25.8 Å². The molecule has 1 aliphatic heterocycles. The molecular formula is C15H15ClN2O4S. The number of ether oxygens (including phenoxy) is 3. The monoisotopic (exact) mass is 354 g/mol. The van der Waals surface area contributed by atoms with Crippen molar-refractivity contribution in [3.05, 3.63) is 35.1 Å². The van der Waals surface area contributed by atoms with Crippen molar-refractivity contribution >= 4 is 23.4 Å². The molecule has 0 spiro atoms. The number of nitrogens with zero attached hydrogens (tertiary/aromatic N) is 2. The topological polar surface area (TPSA) is 73.7 Å². The average Bonchev–Trinajstić information content (AvgIpc) is 2.60. The Morgan fingerprint density at radius 3 is 2.83 bits per heavy atom. The van der Waals surface area contributed by atoms with Crippen molar-refractivity contribution in [1.82, 2.24) is 9.97 Å². The van der Waals surface area contributed by atoms with Crippen LogP contribution in [0.3, 0.4) is 0 Å². The predicted molar refractivity (Wildman–Crippen MR) is 86.7 cm³/mol. The van der Waals surface area contributed by atoms with Crippen LogP contribution in [0.15, 0.2) is 29.3 Å². The number of methoxy groups -OCH3 is 2. The van der Waals surface area contributed by atoms with Crippen LogP contribution in [0.25, 0.3) is 0 Å². The first-order valence-corrected chi connectivity index (χ1v) is 7.99. The van der Waals surface area contributed by atoms with Crippen LogP contribution in [0.1, 0.15) is 5.69 Å². The van der Waals surface area contributed by atoms with Gasteiger partial charge in [-0.05, 0) is 18.2 Å². The van der Waals surface area contributed by atoms with Crippen molar-refractivity contribution < 1.29 is 19.3 Å². The second-order valence-electron chi connectivity index (χ2n) is 4.91. The molecule has 6 nitrogen and oxygen atoms in total. The molecule has 1 N–H and O–H groups in total. The summed E-state index contributed by atoms with van der Waals surface area (Å²) in [5, 5.41) is 10.6. The molecule has 0 fully saturated rings. The van der Waals surface area contributed by atoms with Crippen LogP contribution in [-0.4, -0.2) is 42.5 Å². The first-order chi connectivity index (χ1) is 11.1. The molecule has 0 saturated carbocycles. The number of benzene rings is 1. The van der Waals surface area contributed by atoms with Crippen molar-refractivity contribution in [1.29, 1.82) is 0 Å². The van der Waals surface area contributed by atoms with E-state index in [1.165, 1.54) is 26.0 Å². The quantitative estimate of drug-likeness (QED) is 0.904. The van der Waals surface area contributed by atoms with E-state index >= 15 is 0 Å². The van der Waals surface area contributed by atoms with E-state index in [1.807, 2.05) is 6.07 Å². The van der Waals surface area contributed by atoms with Gasteiger partial charge in [0.2, 0.25) is 0 Å². The Bertz CT molecular complexity index is 731. The van der Waals surface area contributed by atoms with Crippen molar-refractivity contribution in [3.63, 3.8) is 0 Å². The van der Waals surface area contributed by atoms with Gasteiger partial charge in [-0.3, -0.25) is 0 Å². The first-order valence-electron chi connectivity index (χ1n) is 6.79. The fraction of sp³-hybridized carbons (Fsp3) is 0.333. The Hall–Kier alpha value is -1.70. The maximum Gasteiger partial charge on any atom is 0.278 e. The summed E-state index contributed by atoms with van der Waals surface area (Å²) in [6.45, 7) is 0.0789. The third-order valence-electron chi connectivity index (χ3n) is 3.49.